The van der Waals surface area contributed by atoms with Gasteiger partial charge in [-0.05, 0) is 51.4 Å². The van der Waals surface area contributed by atoms with E-state index in [2.05, 4.69) is 43.2 Å². The molecule has 1 saturated carbocycles. The van der Waals surface area contributed by atoms with E-state index in [9.17, 15) is 0 Å². The van der Waals surface area contributed by atoms with Gasteiger partial charge in [-0.1, -0.05) is 13.8 Å². The molecule has 0 saturated heterocycles. The molecule has 1 aliphatic rings. The Hall–Kier alpha value is -0.990. The van der Waals surface area contributed by atoms with Crippen LogP contribution in [0.4, 0.5) is 5.69 Å². The van der Waals surface area contributed by atoms with Gasteiger partial charge in [0.15, 0.2) is 0 Å². The molecule has 1 fully saturated rings. The quantitative estimate of drug-likeness (QED) is 0.839. The van der Waals surface area contributed by atoms with E-state index in [1.165, 1.54) is 31.4 Å². The molecule has 0 radical (unpaired) electrons. The number of nitrogens with zero attached hydrogens (tertiary/aromatic N) is 1. The second-order valence-corrected chi connectivity index (χ2v) is 5.81. The lowest BCUT2D eigenvalue weighted by molar-refractivity contribution is 0.267. The Bertz CT molecular complexity index is 340. The first kappa shape index (κ1) is 12.5. The third-order valence-corrected chi connectivity index (χ3v) is 4.19. The zero-order valence-electron chi connectivity index (χ0n) is 11.5. The van der Waals surface area contributed by atoms with Crippen molar-refractivity contribution >= 4 is 5.69 Å². The van der Waals surface area contributed by atoms with E-state index < -0.39 is 0 Å². The van der Waals surface area contributed by atoms with Crippen LogP contribution in [0.3, 0.4) is 0 Å². The summed E-state index contributed by atoms with van der Waals surface area (Å²) in [6.45, 7) is 8.85. The molecule has 0 aromatic carbocycles. The summed E-state index contributed by atoms with van der Waals surface area (Å²) in [6, 6.07) is 0.639. The smallest absolute Gasteiger partial charge is 0.0825 e. The number of nitrogens with one attached hydrogen (secondary N) is 2. The summed E-state index contributed by atoms with van der Waals surface area (Å²) in [5.74, 6) is 1.77. The zero-order valence-corrected chi connectivity index (χ0v) is 11.5. The zero-order chi connectivity index (χ0) is 12.4. The van der Waals surface area contributed by atoms with E-state index >= 15 is 0 Å². The summed E-state index contributed by atoms with van der Waals surface area (Å²) in [7, 11) is 0. The van der Waals surface area contributed by atoms with Gasteiger partial charge in [-0.25, -0.2) is 0 Å². The van der Waals surface area contributed by atoms with Gasteiger partial charge in [0.05, 0.1) is 17.1 Å². The molecular formula is C14H25N3. The molecule has 1 heterocycles. The fourth-order valence-electron chi connectivity index (χ4n) is 2.90. The van der Waals surface area contributed by atoms with Crippen LogP contribution in [-0.2, 0) is 0 Å². The second kappa shape index (κ2) is 5.11. The van der Waals surface area contributed by atoms with Gasteiger partial charge >= 0.3 is 0 Å². The Kier molecular flexibility index (Phi) is 3.75. The minimum absolute atomic E-state index is 0.639. The molecule has 0 atom stereocenters. The van der Waals surface area contributed by atoms with Gasteiger partial charge in [0.1, 0.15) is 0 Å². The summed E-state index contributed by atoms with van der Waals surface area (Å²) < 4.78 is 0. The van der Waals surface area contributed by atoms with Crippen molar-refractivity contribution in [3.05, 3.63) is 11.4 Å². The Balaban J connectivity index is 1.90. The number of aromatic nitrogens is 2. The predicted octanol–water partition coefficient (Wildman–Crippen LogP) is 3.65. The molecule has 0 amide bonds. The maximum absolute atomic E-state index is 4.24. The predicted molar refractivity (Wildman–Crippen MR) is 72.3 cm³/mol. The van der Waals surface area contributed by atoms with Crippen LogP contribution in [0.25, 0.3) is 0 Å². The van der Waals surface area contributed by atoms with E-state index in [4.69, 9.17) is 0 Å². The Morgan fingerprint density at radius 2 is 1.82 bits per heavy atom. The maximum Gasteiger partial charge on any atom is 0.0825 e. The van der Waals surface area contributed by atoms with Gasteiger partial charge in [-0.3, -0.25) is 5.10 Å². The molecule has 3 heteroatoms. The van der Waals surface area contributed by atoms with Crippen molar-refractivity contribution in [2.75, 3.05) is 5.32 Å². The third kappa shape index (κ3) is 2.82. The molecule has 0 aliphatic heterocycles. The topological polar surface area (TPSA) is 40.7 Å². The summed E-state index contributed by atoms with van der Waals surface area (Å²) >= 11 is 0. The maximum atomic E-state index is 4.24. The largest absolute Gasteiger partial charge is 0.379 e. The van der Waals surface area contributed by atoms with Crippen molar-refractivity contribution in [3.63, 3.8) is 0 Å². The molecule has 2 N–H and O–H groups in total. The highest BCUT2D eigenvalue weighted by atomic mass is 15.2. The molecule has 1 aromatic heterocycles. The normalized spacial score (nSPS) is 25.2. The van der Waals surface area contributed by atoms with E-state index in [0.29, 0.717) is 6.04 Å². The van der Waals surface area contributed by atoms with Crippen LogP contribution in [0, 0.1) is 25.7 Å². The fraction of sp³-hybridized carbons (Fsp3) is 0.786. The third-order valence-electron chi connectivity index (χ3n) is 4.19. The van der Waals surface area contributed by atoms with E-state index in [1.807, 2.05) is 0 Å². The van der Waals surface area contributed by atoms with Crippen LogP contribution < -0.4 is 5.32 Å². The number of hydrogen-bond donors (Lipinski definition) is 2. The lowest BCUT2D eigenvalue weighted by Gasteiger charge is -2.31. The van der Waals surface area contributed by atoms with Gasteiger partial charge < -0.3 is 5.32 Å². The van der Waals surface area contributed by atoms with E-state index in [1.54, 1.807) is 0 Å². The average Bonchev–Trinajstić information content (AvgIpc) is 2.61. The lowest BCUT2D eigenvalue weighted by atomic mass is 9.79. The summed E-state index contributed by atoms with van der Waals surface area (Å²) in [4.78, 5) is 0. The Labute approximate surface area is 104 Å². The summed E-state index contributed by atoms with van der Waals surface area (Å²) in [5.41, 5.74) is 3.47. The highest BCUT2D eigenvalue weighted by molar-refractivity contribution is 5.52. The highest BCUT2D eigenvalue weighted by Crippen LogP contribution is 2.32. The van der Waals surface area contributed by atoms with E-state index in [0.717, 1.165) is 23.2 Å². The van der Waals surface area contributed by atoms with Gasteiger partial charge in [0.25, 0.3) is 0 Å². The van der Waals surface area contributed by atoms with Crippen LogP contribution in [0.1, 0.15) is 50.9 Å². The number of aryl methyl sites for hydroxylation is 2. The molecular weight excluding hydrogens is 210 g/mol. The van der Waals surface area contributed by atoms with Crippen LogP contribution >= 0.6 is 0 Å². The highest BCUT2D eigenvalue weighted by Gasteiger charge is 2.23. The summed E-state index contributed by atoms with van der Waals surface area (Å²) in [5, 5.41) is 10.9. The molecule has 96 valence electrons. The van der Waals surface area contributed by atoms with Gasteiger partial charge in [0.2, 0.25) is 0 Å². The fourth-order valence-corrected chi connectivity index (χ4v) is 2.90. The van der Waals surface area contributed by atoms with Crippen molar-refractivity contribution in [1.82, 2.24) is 10.2 Å². The van der Waals surface area contributed by atoms with Crippen molar-refractivity contribution in [2.24, 2.45) is 11.8 Å². The number of aromatic amines is 1. The minimum atomic E-state index is 0.639. The first-order valence-corrected chi connectivity index (χ1v) is 6.86. The van der Waals surface area contributed by atoms with Crippen LogP contribution in [0.2, 0.25) is 0 Å². The average molecular weight is 235 g/mol. The molecule has 1 aliphatic carbocycles. The number of H-pyrrole nitrogens is 1. The molecule has 0 unspecified atom stereocenters. The lowest BCUT2D eigenvalue weighted by Crippen LogP contribution is -2.28. The Morgan fingerprint density at radius 1 is 1.18 bits per heavy atom. The number of anilines is 1. The standard InChI is InChI=1S/C14H25N3/c1-9(2)12-5-7-13(8-6-12)15-14-10(3)16-17-11(14)4/h9,12-13,15H,5-8H2,1-4H3,(H,16,17). The van der Waals surface area contributed by atoms with Gasteiger partial charge in [0, 0.05) is 6.04 Å². The van der Waals surface area contributed by atoms with Crippen molar-refractivity contribution < 1.29 is 0 Å². The summed E-state index contributed by atoms with van der Waals surface area (Å²) in [6.07, 6.45) is 5.33. The van der Waals surface area contributed by atoms with Crippen molar-refractivity contribution in [1.29, 1.82) is 0 Å². The first-order chi connectivity index (χ1) is 8.08. The molecule has 0 spiro atoms. The Morgan fingerprint density at radius 3 is 2.29 bits per heavy atom. The SMILES string of the molecule is Cc1n[nH]c(C)c1NC1CCC(C(C)C)CC1. The van der Waals surface area contributed by atoms with Gasteiger partial charge in [-0.2, -0.15) is 5.10 Å². The second-order valence-electron chi connectivity index (χ2n) is 5.81. The number of hydrogen-bond acceptors (Lipinski definition) is 2. The van der Waals surface area contributed by atoms with Crippen LogP contribution in [-0.4, -0.2) is 16.2 Å². The molecule has 1 aromatic rings. The first-order valence-electron chi connectivity index (χ1n) is 6.86. The van der Waals surface area contributed by atoms with Crippen molar-refractivity contribution in [3.8, 4) is 0 Å². The molecule has 2 rings (SSSR count). The minimum Gasteiger partial charge on any atom is -0.379 e. The van der Waals surface area contributed by atoms with Crippen LogP contribution in [0.5, 0.6) is 0 Å². The van der Waals surface area contributed by atoms with Crippen molar-refractivity contribution in [2.45, 2.75) is 59.4 Å². The number of rotatable bonds is 3. The molecule has 0 bridgehead atoms. The monoisotopic (exact) mass is 235 g/mol. The molecule has 3 nitrogen and oxygen atoms in total. The van der Waals surface area contributed by atoms with E-state index in [-0.39, 0.29) is 0 Å². The van der Waals surface area contributed by atoms with Gasteiger partial charge in [-0.15, -0.1) is 0 Å². The van der Waals surface area contributed by atoms with Crippen LogP contribution in [0.15, 0.2) is 0 Å². The molecule has 17 heavy (non-hydrogen) atoms.